The number of halogens is 1. The Balaban J connectivity index is 1.42. The number of amides is 1. The summed E-state index contributed by atoms with van der Waals surface area (Å²) in [6.45, 7) is 2.00. The molecule has 0 bridgehead atoms. The van der Waals surface area contributed by atoms with Crippen LogP contribution in [0.15, 0.2) is 40.8 Å². The van der Waals surface area contributed by atoms with E-state index in [0.717, 1.165) is 54.9 Å². The zero-order valence-electron chi connectivity index (χ0n) is 17.1. The Bertz CT molecular complexity index is 973. The Kier molecular flexibility index (Phi) is 5.54. The summed E-state index contributed by atoms with van der Waals surface area (Å²) in [6.07, 6.45) is 6.71. The second-order valence-corrected chi connectivity index (χ2v) is 8.48. The van der Waals surface area contributed by atoms with Crippen LogP contribution in [0.2, 0.25) is 5.02 Å². The van der Waals surface area contributed by atoms with Crippen LogP contribution >= 0.6 is 11.6 Å². The van der Waals surface area contributed by atoms with Gasteiger partial charge in [0.25, 0.3) is 5.91 Å². The van der Waals surface area contributed by atoms with Gasteiger partial charge >= 0.3 is 0 Å². The fourth-order valence-corrected chi connectivity index (χ4v) is 4.68. The molecule has 1 aliphatic heterocycles. The van der Waals surface area contributed by atoms with Crippen molar-refractivity contribution >= 4 is 28.9 Å². The molecule has 2 aliphatic rings. The van der Waals surface area contributed by atoms with Crippen LogP contribution in [0.1, 0.15) is 53.8 Å². The van der Waals surface area contributed by atoms with Gasteiger partial charge in [-0.15, -0.1) is 0 Å². The van der Waals surface area contributed by atoms with Crippen molar-refractivity contribution in [1.29, 1.82) is 0 Å². The lowest BCUT2D eigenvalue weighted by molar-refractivity contribution is 0.0683. The van der Waals surface area contributed by atoms with E-state index in [4.69, 9.17) is 11.6 Å². The van der Waals surface area contributed by atoms with Crippen molar-refractivity contribution in [3.63, 3.8) is 0 Å². The van der Waals surface area contributed by atoms with E-state index in [1.54, 1.807) is 12.1 Å². The molecule has 6 nitrogen and oxygen atoms in total. The Morgan fingerprint density at radius 1 is 1.28 bits per heavy atom. The van der Waals surface area contributed by atoms with Crippen molar-refractivity contribution in [1.82, 2.24) is 14.5 Å². The third-order valence-corrected chi connectivity index (χ3v) is 6.33. The summed E-state index contributed by atoms with van der Waals surface area (Å²) >= 11 is 6.06. The zero-order valence-corrected chi connectivity index (χ0v) is 17.9. The minimum Gasteiger partial charge on any atom is -0.339 e. The first-order valence-corrected chi connectivity index (χ1v) is 10.5. The molecule has 1 aromatic heterocycles. The molecule has 0 radical (unpaired) electrons. The van der Waals surface area contributed by atoms with Crippen LogP contribution in [0.25, 0.3) is 0 Å². The standard InChI is InChI=1S/C22H26ClN5O/c1-14-21(27(2)13-24-14)20-12-19(25-26-20)15-6-5-9-18(11-15)28(3)22(29)16-7-4-8-17(23)10-16/h4,7-8,10,13,15,18H,5-6,9,11-12H2,1-3H3/t15-,18+/m1/s1. The number of imidazole rings is 1. The van der Waals surface area contributed by atoms with Crippen molar-refractivity contribution in [3.8, 4) is 0 Å². The summed E-state index contributed by atoms with van der Waals surface area (Å²) < 4.78 is 2.01. The maximum Gasteiger partial charge on any atom is 0.253 e. The van der Waals surface area contributed by atoms with Crippen molar-refractivity contribution in [2.24, 2.45) is 23.2 Å². The monoisotopic (exact) mass is 411 g/mol. The number of hydrogen-bond donors (Lipinski definition) is 0. The van der Waals surface area contributed by atoms with E-state index >= 15 is 0 Å². The first-order chi connectivity index (χ1) is 13.9. The van der Waals surface area contributed by atoms with Crippen molar-refractivity contribution in [2.45, 2.75) is 45.1 Å². The van der Waals surface area contributed by atoms with Gasteiger partial charge in [-0.3, -0.25) is 4.79 Å². The Morgan fingerprint density at radius 3 is 2.83 bits per heavy atom. The molecule has 152 valence electrons. The maximum atomic E-state index is 12.9. The molecule has 29 heavy (non-hydrogen) atoms. The number of benzene rings is 1. The largest absolute Gasteiger partial charge is 0.339 e. The lowest BCUT2D eigenvalue weighted by Gasteiger charge is -2.35. The van der Waals surface area contributed by atoms with E-state index in [0.29, 0.717) is 16.5 Å². The third-order valence-electron chi connectivity index (χ3n) is 6.10. The quantitative estimate of drug-likeness (QED) is 0.754. The Morgan fingerprint density at radius 2 is 2.10 bits per heavy atom. The molecule has 1 saturated carbocycles. The van der Waals surface area contributed by atoms with Crippen LogP contribution in [0.4, 0.5) is 0 Å². The van der Waals surface area contributed by atoms with Gasteiger partial charge in [0.1, 0.15) is 0 Å². The highest BCUT2D eigenvalue weighted by atomic mass is 35.5. The van der Waals surface area contributed by atoms with E-state index in [1.807, 2.05) is 48.9 Å². The lowest BCUT2D eigenvalue weighted by atomic mass is 9.80. The van der Waals surface area contributed by atoms with Crippen molar-refractivity contribution in [3.05, 3.63) is 52.6 Å². The highest BCUT2D eigenvalue weighted by molar-refractivity contribution is 6.31. The van der Waals surface area contributed by atoms with Gasteiger partial charge < -0.3 is 9.47 Å². The van der Waals surface area contributed by atoms with Crippen LogP contribution in [0, 0.1) is 12.8 Å². The molecule has 4 rings (SSSR count). The second kappa shape index (κ2) is 8.11. The highest BCUT2D eigenvalue weighted by Crippen LogP contribution is 2.32. The predicted molar refractivity (Wildman–Crippen MR) is 116 cm³/mol. The smallest absolute Gasteiger partial charge is 0.253 e. The molecule has 1 amide bonds. The number of rotatable bonds is 4. The van der Waals surface area contributed by atoms with E-state index in [2.05, 4.69) is 15.2 Å². The van der Waals surface area contributed by atoms with Crippen LogP contribution < -0.4 is 0 Å². The van der Waals surface area contributed by atoms with E-state index < -0.39 is 0 Å². The van der Waals surface area contributed by atoms with Gasteiger partial charge in [-0.25, -0.2) is 4.98 Å². The van der Waals surface area contributed by atoms with E-state index in [9.17, 15) is 4.79 Å². The van der Waals surface area contributed by atoms with Gasteiger partial charge in [-0.1, -0.05) is 24.1 Å². The van der Waals surface area contributed by atoms with Crippen molar-refractivity contribution < 1.29 is 4.79 Å². The topological polar surface area (TPSA) is 62.9 Å². The summed E-state index contributed by atoms with van der Waals surface area (Å²) in [5.74, 6) is 0.382. The van der Waals surface area contributed by atoms with Crippen LogP contribution in [0.3, 0.4) is 0 Å². The van der Waals surface area contributed by atoms with Gasteiger partial charge in [0, 0.05) is 48.8 Å². The minimum absolute atomic E-state index is 0.0222. The highest BCUT2D eigenvalue weighted by Gasteiger charge is 2.33. The molecule has 1 aromatic carbocycles. The van der Waals surface area contributed by atoms with Gasteiger partial charge in [0.2, 0.25) is 0 Å². The number of carbonyl (C=O) groups excluding carboxylic acids is 1. The number of carbonyl (C=O) groups is 1. The van der Waals surface area contributed by atoms with E-state index in [-0.39, 0.29) is 11.9 Å². The molecule has 0 saturated heterocycles. The fraction of sp³-hybridized carbons (Fsp3) is 0.455. The van der Waals surface area contributed by atoms with Crippen LogP contribution in [-0.4, -0.2) is 44.9 Å². The summed E-state index contributed by atoms with van der Waals surface area (Å²) in [5.41, 5.74) is 4.80. The second-order valence-electron chi connectivity index (χ2n) is 8.05. The molecule has 1 aliphatic carbocycles. The molecule has 0 N–H and O–H groups in total. The van der Waals surface area contributed by atoms with E-state index in [1.165, 1.54) is 0 Å². The lowest BCUT2D eigenvalue weighted by Crippen LogP contribution is -2.41. The summed E-state index contributed by atoms with van der Waals surface area (Å²) in [6, 6.07) is 7.36. The average molecular weight is 412 g/mol. The van der Waals surface area contributed by atoms with Gasteiger partial charge in [0.05, 0.1) is 23.4 Å². The molecule has 0 spiro atoms. The number of hydrogen-bond acceptors (Lipinski definition) is 4. The summed E-state index contributed by atoms with van der Waals surface area (Å²) in [4.78, 5) is 19.2. The van der Waals surface area contributed by atoms with Gasteiger partial charge in [0.15, 0.2) is 0 Å². The zero-order chi connectivity index (χ0) is 20.5. The van der Waals surface area contributed by atoms with Crippen LogP contribution in [0.5, 0.6) is 0 Å². The fourth-order valence-electron chi connectivity index (χ4n) is 4.49. The van der Waals surface area contributed by atoms with Crippen LogP contribution in [-0.2, 0) is 7.05 Å². The third kappa shape index (κ3) is 3.99. The average Bonchev–Trinajstić information content (AvgIpc) is 3.33. The summed E-state index contributed by atoms with van der Waals surface area (Å²) in [7, 11) is 3.89. The number of aryl methyl sites for hydroxylation is 2. The first kappa shape index (κ1) is 19.8. The Hall–Kier alpha value is -2.47. The normalized spacial score (nSPS) is 21.7. The molecular weight excluding hydrogens is 386 g/mol. The summed E-state index contributed by atoms with van der Waals surface area (Å²) in [5, 5.41) is 9.58. The Labute approximate surface area is 176 Å². The minimum atomic E-state index is 0.0222. The van der Waals surface area contributed by atoms with Crippen molar-refractivity contribution in [2.75, 3.05) is 7.05 Å². The molecule has 2 atom stereocenters. The maximum absolute atomic E-state index is 12.9. The SMILES string of the molecule is Cc1ncn(C)c1C1=NN=C([C@@H]2CCC[C@H](N(C)C(=O)c3cccc(Cl)c3)C2)C1. The molecule has 7 heteroatoms. The van der Waals surface area contributed by atoms with Gasteiger partial charge in [-0.2, -0.15) is 10.2 Å². The first-order valence-electron chi connectivity index (χ1n) is 10.1. The molecule has 1 fully saturated rings. The number of aromatic nitrogens is 2. The number of nitrogens with zero attached hydrogens (tertiary/aromatic N) is 5. The predicted octanol–water partition coefficient (Wildman–Crippen LogP) is 4.26. The molecule has 2 heterocycles. The molecular formula is C22H26ClN5O. The molecule has 0 unspecified atom stereocenters. The van der Waals surface area contributed by atoms with Gasteiger partial charge in [-0.05, 0) is 44.4 Å². The molecule has 2 aromatic rings.